The number of urea groups is 1. The van der Waals surface area contributed by atoms with Crippen LogP contribution in [-0.4, -0.2) is 70.5 Å². The monoisotopic (exact) mass is 610 g/mol. The number of aryl methyl sites for hydroxylation is 2. The highest BCUT2D eigenvalue weighted by molar-refractivity contribution is 9.10. The van der Waals surface area contributed by atoms with Crippen LogP contribution in [0.4, 0.5) is 10.5 Å². The van der Waals surface area contributed by atoms with Crippen molar-refractivity contribution in [2.24, 2.45) is 5.73 Å². The number of benzene rings is 2. The third-order valence-corrected chi connectivity index (χ3v) is 9.04. The number of primary amides is 1. The van der Waals surface area contributed by atoms with Gasteiger partial charge in [-0.05, 0) is 77.7 Å². The molecule has 4 rings (SSSR count). The van der Waals surface area contributed by atoms with Gasteiger partial charge < -0.3 is 20.7 Å². The molecule has 0 aliphatic carbocycles. The fourth-order valence-electron chi connectivity index (χ4n) is 4.70. The highest BCUT2D eigenvalue weighted by Crippen LogP contribution is 2.38. The molecular weight excluding hydrogens is 588 g/mol. The number of phenols is 1. The number of halogens is 1. The number of nitrogens with two attached hydrogens (primary N) is 1. The maximum atomic E-state index is 13.1. The van der Waals surface area contributed by atoms with Crippen molar-refractivity contribution in [1.82, 2.24) is 10.3 Å². The second kappa shape index (κ2) is 9.89. The molecule has 13 nitrogen and oxygen atoms in total. The standard InChI is InChI=1S/C23H23BrN4O9S/c1-10-7-12(8-11(2)18(10)37-13-3-4-16(29)14(24)9-13)27-23(34)26-21(31)17(22(32)33)28(27)15-5-6-38(35,36)19(15)20(25)30/h3-4,7-9,15,17,19,29H,5-6H2,1-2H3,(H2,25,30)(H,32,33)(H,26,31,34). The van der Waals surface area contributed by atoms with Gasteiger partial charge >= 0.3 is 12.0 Å². The first-order valence-electron chi connectivity index (χ1n) is 11.2. The van der Waals surface area contributed by atoms with E-state index in [1.54, 1.807) is 26.0 Å². The zero-order valence-electron chi connectivity index (χ0n) is 20.0. The van der Waals surface area contributed by atoms with Crippen LogP contribution in [0, 0.1) is 13.8 Å². The molecule has 2 heterocycles. The number of carboxylic acid groups (broad SMARTS) is 1. The van der Waals surface area contributed by atoms with Gasteiger partial charge in [-0.2, -0.15) is 5.01 Å². The van der Waals surface area contributed by atoms with E-state index in [-0.39, 0.29) is 17.9 Å². The van der Waals surface area contributed by atoms with Gasteiger partial charge in [-0.15, -0.1) is 0 Å². The van der Waals surface area contributed by atoms with Crippen LogP contribution >= 0.6 is 15.9 Å². The molecule has 0 spiro atoms. The molecule has 2 saturated heterocycles. The van der Waals surface area contributed by atoms with Gasteiger partial charge in [-0.3, -0.25) is 14.9 Å². The van der Waals surface area contributed by atoms with Gasteiger partial charge in [0.1, 0.15) is 17.2 Å². The Bertz CT molecular complexity index is 1460. The van der Waals surface area contributed by atoms with Crippen LogP contribution in [0.5, 0.6) is 17.2 Å². The summed E-state index contributed by atoms with van der Waals surface area (Å²) in [4.78, 5) is 50.0. The van der Waals surface area contributed by atoms with Crippen molar-refractivity contribution < 1.29 is 42.5 Å². The van der Waals surface area contributed by atoms with Crippen molar-refractivity contribution in [1.29, 1.82) is 0 Å². The van der Waals surface area contributed by atoms with Crippen LogP contribution in [0.3, 0.4) is 0 Å². The van der Waals surface area contributed by atoms with Gasteiger partial charge in [0.25, 0.3) is 5.91 Å². The Labute approximate surface area is 225 Å². The quantitative estimate of drug-likeness (QED) is 0.346. The SMILES string of the molecule is Cc1cc(N2C(=O)NC(=O)C(C(=O)O)N2C2CCS(=O)(=O)C2C(N)=O)cc(C)c1Oc1ccc(O)c(Br)c1. The number of hydrogen-bond donors (Lipinski definition) is 4. The molecule has 0 saturated carbocycles. The molecule has 15 heteroatoms. The van der Waals surface area contributed by atoms with E-state index in [0.717, 1.165) is 10.0 Å². The number of ether oxygens (including phenoxy) is 1. The Morgan fingerprint density at radius 3 is 2.34 bits per heavy atom. The lowest BCUT2D eigenvalue weighted by Gasteiger charge is -2.45. The van der Waals surface area contributed by atoms with E-state index in [9.17, 15) is 37.8 Å². The molecule has 3 unspecified atom stereocenters. The smallest absolute Gasteiger partial charge is 0.343 e. The van der Waals surface area contributed by atoms with Gasteiger partial charge in [-0.1, -0.05) is 0 Å². The number of carboxylic acids is 1. The summed E-state index contributed by atoms with van der Waals surface area (Å²) < 4.78 is 31.6. The molecule has 2 aliphatic rings. The van der Waals surface area contributed by atoms with Crippen molar-refractivity contribution in [3.8, 4) is 17.2 Å². The Kier molecular flexibility index (Phi) is 7.11. The predicted octanol–water partition coefficient (Wildman–Crippen LogP) is 1.33. The molecule has 38 heavy (non-hydrogen) atoms. The fourth-order valence-corrected chi connectivity index (χ4v) is 6.98. The van der Waals surface area contributed by atoms with E-state index in [1.807, 2.05) is 5.32 Å². The zero-order valence-corrected chi connectivity index (χ0v) is 22.4. The Morgan fingerprint density at radius 1 is 1.16 bits per heavy atom. The topological polar surface area (TPSA) is 197 Å². The van der Waals surface area contributed by atoms with Gasteiger partial charge in [0, 0.05) is 0 Å². The number of carbonyl (C=O) groups is 4. The average Bonchev–Trinajstić information content (AvgIpc) is 3.12. The summed E-state index contributed by atoms with van der Waals surface area (Å²) in [6.45, 7) is 3.33. The minimum atomic E-state index is -4.06. The van der Waals surface area contributed by atoms with Crippen LogP contribution in [0.2, 0.25) is 0 Å². The number of amides is 4. The number of imide groups is 1. The second-order valence-electron chi connectivity index (χ2n) is 8.90. The molecule has 2 aliphatic heterocycles. The van der Waals surface area contributed by atoms with Crippen LogP contribution < -0.4 is 20.8 Å². The first-order valence-corrected chi connectivity index (χ1v) is 13.7. The van der Waals surface area contributed by atoms with E-state index in [2.05, 4.69) is 15.9 Å². The molecule has 0 bridgehead atoms. The third kappa shape index (κ3) is 4.79. The number of carbonyl (C=O) groups excluding carboxylic acids is 3. The van der Waals surface area contributed by atoms with Crippen molar-refractivity contribution >= 4 is 55.3 Å². The Balaban J connectivity index is 1.81. The summed E-state index contributed by atoms with van der Waals surface area (Å²) >= 11 is 3.21. The number of hydrazine groups is 1. The maximum absolute atomic E-state index is 13.1. The Hall–Kier alpha value is -3.69. The molecule has 0 radical (unpaired) electrons. The van der Waals surface area contributed by atoms with Crippen LogP contribution in [0.15, 0.2) is 34.8 Å². The van der Waals surface area contributed by atoms with Crippen molar-refractivity contribution in [3.05, 3.63) is 45.9 Å². The van der Waals surface area contributed by atoms with E-state index in [0.29, 0.717) is 27.1 Å². The third-order valence-electron chi connectivity index (χ3n) is 6.28. The number of hydrogen-bond acceptors (Lipinski definition) is 9. The van der Waals surface area contributed by atoms with Crippen LogP contribution in [-0.2, 0) is 24.2 Å². The van der Waals surface area contributed by atoms with Gasteiger partial charge in [0.15, 0.2) is 15.1 Å². The van der Waals surface area contributed by atoms with E-state index >= 15 is 0 Å². The van der Waals surface area contributed by atoms with Gasteiger partial charge in [-0.25, -0.2) is 23.0 Å². The molecule has 2 fully saturated rings. The van der Waals surface area contributed by atoms with Crippen molar-refractivity contribution in [3.63, 3.8) is 0 Å². The lowest BCUT2D eigenvalue weighted by molar-refractivity contribution is -0.151. The molecule has 5 N–H and O–H groups in total. The molecule has 202 valence electrons. The number of nitrogens with zero attached hydrogens (tertiary/aromatic N) is 2. The van der Waals surface area contributed by atoms with Gasteiger partial charge in [0.05, 0.1) is 22.0 Å². The number of rotatable bonds is 6. The zero-order chi connectivity index (χ0) is 28.1. The molecule has 2 aromatic carbocycles. The minimum absolute atomic E-state index is 0.0167. The summed E-state index contributed by atoms with van der Waals surface area (Å²) in [5.74, 6) is -3.72. The molecule has 3 atom stereocenters. The van der Waals surface area contributed by atoms with E-state index in [4.69, 9.17) is 10.5 Å². The summed E-state index contributed by atoms with van der Waals surface area (Å²) in [6, 6.07) is 3.06. The normalized spacial score (nSPS) is 23.2. The highest BCUT2D eigenvalue weighted by atomic mass is 79.9. The highest BCUT2D eigenvalue weighted by Gasteiger charge is 2.56. The largest absolute Gasteiger partial charge is 0.507 e. The van der Waals surface area contributed by atoms with E-state index in [1.165, 1.54) is 18.2 Å². The second-order valence-corrected chi connectivity index (χ2v) is 12.0. The summed E-state index contributed by atoms with van der Waals surface area (Å²) in [6.07, 6.45) is -0.230. The Morgan fingerprint density at radius 2 is 1.79 bits per heavy atom. The lowest BCUT2D eigenvalue weighted by atomic mass is 10.0. The molecular formula is C23H23BrN4O9S. The number of phenolic OH excluding ortho intramolecular Hbond substituents is 1. The van der Waals surface area contributed by atoms with Gasteiger partial charge in [0.2, 0.25) is 11.9 Å². The molecule has 4 amide bonds. The van der Waals surface area contributed by atoms with Crippen LogP contribution in [0.25, 0.3) is 0 Å². The predicted molar refractivity (Wildman–Crippen MR) is 136 cm³/mol. The number of nitrogens with one attached hydrogen (secondary N) is 1. The summed E-state index contributed by atoms with van der Waals surface area (Å²) in [7, 11) is -4.06. The minimum Gasteiger partial charge on any atom is -0.507 e. The number of sulfone groups is 1. The first-order chi connectivity index (χ1) is 17.7. The first kappa shape index (κ1) is 27.3. The summed E-state index contributed by atoms with van der Waals surface area (Å²) in [5, 5.41) is 21.4. The lowest BCUT2D eigenvalue weighted by Crippen LogP contribution is -2.72. The van der Waals surface area contributed by atoms with Crippen molar-refractivity contribution in [2.75, 3.05) is 10.8 Å². The van der Waals surface area contributed by atoms with E-state index < -0.39 is 56.7 Å². The maximum Gasteiger partial charge on any atom is 0.343 e. The number of aromatic hydroxyl groups is 1. The summed E-state index contributed by atoms with van der Waals surface area (Å²) in [5.41, 5.74) is 6.49. The molecule has 2 aromatic rings. The average molecular weight is 611 g/mol. The van der Waals surface area contributed by atoms with Crippen LogP contribution in [0.1, 0.15) is 17.5 Å². The number of aliphatic carboxylic acids is 1. The molecule has 0 aromatic heterocycles. The fraction of sp³-hybridized carbons (Fsp3) is 0.304. The van der Waals surface area contributed by atoms with Crippen molar-refractivity contribution in [2.45, 2.75) is 37.6 Å². The number of anilines is 1.